The average molecular weight is 326 g/mol. The number of aliphatic hydroxyl groups excluding tert-OH is 1. The summed E-state index contributed by atoms with van der Waals surface area (Å²) in [7, 11) is -3.59. The molecule has 1 amide bonds. The Morgan fingerprint density at radius 2 is 1.86 bits per heavy atom. The maximum atomic E-state index is 12.2. The molecule has 1 aliphatic carbocycles. The highest BCUT2D eigenvalue weighted by atomic mass is 32.2. The summed E-state index contributed by atoms with van der Waals surface area (Å²) in [6.45, 7) is 0.0830. The van der Waals surface area contributed by atoms with Gasteiger partial charge in [0.2, 0.25) is 15.9 Å². The van der Waals surface area contributed by atoms with Crippen LogP contribution in [0.5, 0.6) is 0 Å². The number of aryl methyl sites for hydroxylation is 2. The number of amides is 1. The summed E-state index contributed by atoms with van der Waals surface area (Å²) in [5.41, 5.74) is 2.34. The van der Waals surface area contributed by atoms with Gasteiger partial charge < -0.3 is 10.4 Å². The van der Waals surface area contributed by atoms with Crippen LogP contribution in [0.3, 0.4) is 0 Å². The summed E-state index contributed by atoms with van der Waals surface area (Å²) < 4.78 is 26.9. The largest absolute Gasteiger partial charge is 0.395 e. The molecule has 2 rings (SSSR count). The van der Waals surface area contributed by atoms with Gasteiger partial charge in [0, 0.05) is 19.5 Å². The molecular formula is C15H22N2O4S. The van der Waals surface area contributed by atoms with Gasteiger partial charge in [-0.25, -0.2) is 13.1 Å². The highest BCUT2D eigenvalue weighted by molar-refractivity contribution is 7.89. The summed E-state index contributed by atoms with van der Waals surface area (Å²) in [4.78, 5) is 11.6. The maximum absolute atomic E-state index is 12.2. The summed E-state index contributed by atoms with van der Waals surface area (Å²) in [6, 6.07) is 5.25. The molecule has 0 atom stereocenters. The van der Waals surface area contributed by atoms with Crippen molar-refractivity contribution in [1.82, 2.24) is 10.0 Å². The third-order valence-electron chi connectivity index (χ3n) is 3.71. The lowest BCUT2D eigenvalue weighted by Gasteiger charge is -2.16. The quantitative estimate of drug-likeness (QED) is 0.673. The van der Waals surface area contributed by atoms with Crippen molar-refractivity contribution in [1.29, 1.82) is 0 Å². The first kappa shape index (κ1) is 16.9. The van der Waals surface area contributed by atoms with Crippen molar-refractivity contribution >= 4 is 15.9 Å². The van der Waals surface area contributed by atoms with E-state index in [2.05, 4.69) is 10.0 Å². The fourth-order valence-corrected chi connectivity index (χ4v) is 3.62. The van der Waals surface area contributed by atoms with E-state index in [-0.39, 0.29) is 36.9 Å². The molecule has 3 N–H and O–H groups in total. The van der Waals surface area contributed by atoms with E-state index < -0.39 is 10.0 Å². The van der Waals surface area contributed by atoms with E-state index >= 15 is 0 Å². The number of hydrogen-bond donors (Lipinski definition) is 3. The third-order valence-corrected chi connectivity index (χ3v) is 5.17. The second-order valence-corrected chi connectivity index (χ2v) is 7.13. The van der Waals surface area contributed by atoms with Crippen LogP contribution >= 0.6 is 0 Å². The normalized spacial score (nSPS) is 14.4. The summed E-state index contributed by atoms with van der Waals surface area (Å²) in [5, 5.41) is 11.1. The van der Waals surface area contributed by atoms with Gasteiger partial charge in [0.05, 0.1) is 11.5 Å². The van der Waals surface area contributed by atoms with Crippen molar-refractivity contribution in [3.05, 3.63) is 29.3 Å². The van der Waals surface area contributed by atoms with Crippen molar-refractivity contribution in [3.63, 3.8) is 0 Å². The standard InChI is InChI=1S/C15H22N2O4S/c18-10-9-16-15(19)7-8-17-22(20,21)14-6-5-12-3-1-2-4-13(12)11-14/h5-6,11,17-18H,1-4,7-10H2,(H,16,19). The molecule has 0 saturated carbocycles. The Balaban J connectivity index is 1.94. The Hall–Kier alpha value is -1.44. The zero-order valence-corrected chi connectivity index (χ0v) is 13.3. The van der Waals surface area contributed by atoms with Crippen LogP contribution in [0.15, 0.2) is 23.1 Å². The van der Waals surface area contributed by atoms with Crippen molar-refractivity contribution in [3.8, 4) is 0 Å². The Morgan fingerprint density at radius 3 is 2.59 bits per heavy atom. The molecule has 0 fully saturated rings. The van der Waals surface area contributed by atoms with Crippen LogP contribution in [-0.2, 0) is 27.7 Å². The van der Waals surface area contributed by atoms with Crippen LogP contribution in [-0.4, -0.2) is 39.1 Å². The van der Waals surface area contributed by atoms with E-state index in [1.807, 2.05) is 6.07 Å². The van der Waals surface area contributed by atoms with Crippen LogP contribution < -0.4 is 10.0 Å². The van der Waals surface area contributed by atoms with Crippen molar-refractivity contribution in [2.24, 2.45) is 0 Å². The maximum Gasteiger partial charge on any atom is 0.240 e. The van der Waals surface area contributed by atoms with Crippen molar-refractivity contribution < 1.29 is 18.3 Å². The molecule has 1 aromatic rings. The molecule has 1 aliphatic rings. The van der Waals surface area contributed by atoms with Gasteiger partial charge in [0.15, 0.2) is 0 Å². The second kappa shape index (κ2) is 7.71. The molecule has 0 saturated heterocycles. The number of carbonyl (C=O) groups is 1. The van der Waals surface area contributed by atoms with Crippen LogP contribution in [0.4, 0.5) is 0 Å². The van der Waals surface area contributed by atoms with Gasteiger partial charge in [-0.3, -0.25) is 4.79 Å². The number of sulfonamides is 1. The summed E-state index contributed by atoms with van der Waals surface area (Å²) in [5.74, 6) is -0.290. The molecule has 0 radical (unpaired) electrons. The number of benzene rings is 1. The molecule has 0 unspecified atom stereocenters. The van der Waals surface area contributed by atoms with Gasteiger partial charge in [0.1, 0.15) is 0 Å². The average Bonchev–Trinajstić information content (AvgIpc) is 2.52. The Bertz CT molecular complexity index is 628. The molecule has 122 valence electrons. The van der Waals surface area contributed by atoms with E-state index in [1.54, 1.807) is 12.1 Å². The molecular weight excluding hydrogens is 304 g/mol. The monoisotopic (exact) mass is 326 g/mol. The van der Waals surface area contributed by atoms with Crippen LogP contribution in [0.25, 0.3) is 0 Å². The van der Waals surface area contributed by atoms with E-state index in [0.717, 1.165) is 31.2 Å². The smallest absolute Gasteiger partial charge is 0.240 e. The third kappa shape index (κ3) is 4.53. The number of aliphatic hydroxyl groups is 1. The van der Waals surface area contributed by atoms with Gasteiger partial charge in [-0.1, -0.05) is 6.07 Å². The molecule has 0 aliphatic heterocycles. The topological polar surface area (TPSA) is 95.5 Å². The summed E-state index contributed by atoms with van der Waals surface area (Å²) in [6.07, 6.45) is 4.22. The molecule has 0 spiro atoms. The predicted molar refractivity (Wildman–Crippen MR) is 83.0 cm³/mol. The molecule has 0 aromatic heterocycles. The lowest BCUT2D eigenvalue weighted by Crippen LogP contribution is -2.32. The minimum Gasteiger partial charge on any atom is -0.395 e. The van der Waals surface area contributed by atoms with Crippen molar-refractivity contribution in [2.75, 3.05) is 19.7 Å². The van der Waals surface area contributed by atoms with E-state index in [0.29, 0.717) is 0 Å². The first-order valence-electron chi connectivity index (χ1n) is 7.52. The van der Waals surface area contributed by atoms with E-state index in [1.165, 1.54) is 5.56 Å². The lowest BCUT2D eigenvalue weighted by molar-refractivity contribution is -0.121. The van der Waals surface area contributed by atoms with Gasteiger partial charge in [-0.05, 0) is 48.9 Å². The zero-order chi connectivity index (χ0) is 16.0. The van der Waals surface area contributed by atoms with Gasteiger partial charge in [0.25, 0.3) is 0 Å². The number of rotatable bonds is 7. The molecule has 0 heterocycles. The molecule has 22 heavy (non-hydrogen) atoms. The van der Waals surface area contributed by atoms with Crippen molar-refractivity contribution in [2.45, 2.75) is 37.0 Å². The number of nitrogens with one attached hydrogen (secondary N) is 2. The Kier molecular flexibility index (Phi) is 5.93. The minimum absolute atomic E-state index is 0.0384. The van der Waals surface area contributed by atoms with Gasteiger partial charge in [-0.2, -0.15) is 0 Å². The summed E-state index contributed by atoms with van der Waals surface area (Å²) >= 11 is 0. The minimum atomic E-state index is -3.59. The predicted octanol–water partition coefficient (Wildman–Crippen LogP) is 0.342. The van der Waals surface area contributed by atoms with Crippen LogP contribution in [0.1, 0.15) is 30.4 Å². The SMILES string of the molecule is O=C(CCNS(=O)(=O)c1ccc2c(c1)CCCC2)NCCO. The number of hydrogen-bond acceptors (Lipinski definition) is 4. The molecule has 7 heteroatoms. The highest BCUT2D eigenvalue weighted by Crippen LogP contribution is 2.23. The number of carbonyl (C=O) groups excluding carboxylic acids is 1. The zero-order valence-electron chi connectivity index (χ0n) is 12.5. The number of fused-ring (bicyclic) bond motifs is 1. The van der Waals surface area contributed by atoms with Crippen LogP contribution in [0, 0.1) is 0 Å². The van der Waals surface area contributed by atoms with Gasteiger partial charge in [-0.15, -0.1) is 0 Å². The van der Waals surface area contributed by atoms with Gasteiger partial charge >= 0.3 is 0 Å². The highest BCUT2D eigenvalue weighted by Gasteiger charge is 2.17. The van der Waals surface area contributed by atoms with E-state index in [9.17, 15) is 13.2 Å². The molecule has 0 bridgehead atoms. The fraction of sp³-hybridized carbons (Fsp3) is 0.533. The Morgan fingerprint density at radius 1 is 1.14 bits per heavy atom. The fourth-order valence-electron chi connectivity index (χ4n) is 2.54. The molecule has 6 nitrogen and oxygen atoms in total. The van der Waals surface area contributed by atoms with Crippen LogP contribution in [0.2, 0.25) is 0 Å². The first-order valence-corrected chi connectivity index (χ1v) is 9.00. The Labute approximate surface area is 131 Å². The lowest BCUT2D eigenvalue weighted by atomic mass is 9.92. The molecule has 1 aromatic carbocycles. The van der Waals surface area contributed by atoms with E-state index in [4.69, 9.17) is 5.11 Å². The second-order valence-electron chi connectivity index (χ2n) is 5.36. The first-order chi connectivity index (χ1) is 10.5.